The molecule has 0 saturated carbocycles. The molecule has 96 valence electrons. The van der Waals surface area contributed by atoms with Crippen molar-refractivity contribution in [3.63, 3.8) is 0 Å². The first kappa shape index (κ1) is 15.3. The van der Waals surface area contributed by atoms with Gasteiger partial charge in [-0.25, -0.2) is 9.59 Å². The smallest absolute Gasteiger partial charge is 0.327 e. The van der Waals surface area contributed by atoms with E-state index in [4.69, 9.17) is 11.5 Å². The van der Waals surface area contributed by atoms with Gasteiger partial charge in [-0.05, 0) is 20.3 Å². The minimum atomic E-state index is -1.11. The van der Waals surface area contributed by atoms with Crippen molar-refractivity contribution in [2.24, 2.45) is 0 Å². The number of urea groups is 1. The monoisotopic (exact) mass is 240 g/mol. The fraction of sp³-hybridized carbons (Fsp3) is 0.667. The van der Waals surface area contributed by atoms with E-state index < -0.39 is 12.0 Å². The van der Waals surface area contributed by atoms with Crippen LogP contribution in [0.3, 0.4) is 0 Å². The predicted octanol–water partition coefficient (Wildman–Crippen LogP) is 1.29. The average molecular weight is 240 g/mol. The van der Waals surface area contributed by atoms with Gasteiger partial charge in [0.25, 0.3) is 0 Å². The molecule has 17 heavy (non-hydrogen) atoms. The highest BCUT2D eigenvalue weighted by Crippen LogP contribution is 2.02. The molecule has 0 saturated heterocycles. The zero-order valence-electron chi connectivity index (χ0n) is 10.6. The van der Waals surface area contributed by atoms with Gasteiger partial charge < -0.3 is 15.3 Å². The van der Waals surface area contributed by atoms with Gasteiger partial charge in [0.05, 0.1) is 0 Å². The molecule has 1 atom stereocenters. The fourth-order valence-electron chi connectivity index (χ4n) is 1.39. The van der Waals surface area contributed by atoms with Crippen LogP contribution in [0.1, 0.15) is 33.6 Å². The molecule has 1 unspecified atom stereocenters. The minimum absolute atomic E-state index is 0.0147. The van der Waals surface area contributed by atoms with Gasteiger partial charge in [-0.15, -0.1) is 12.3 Å². The summed E-state index contributed by atoms with van der Waals surface area (Å²) in [4.78, 5) is 24.3. The average Bonchev–Trinajstić information content (AvgIpc) is 2.24. The van der Waals surface area contributed by atoms with Crippen molar-refractivity contribution in [2.75, 3.05) is 6.54 Å². The largest absolute Gasteiger partial charge is 0.480 e. The summed E-state index contributed by atoms with van der Waals surface area (Å²) >= 11 is 0. The highest BCUT2D eigenvalue weighted by Gasteiger charge is 2.23. The quantitative estimate of drug-likeness (QED) is 0.687. The first-order valence-electron chi connectivity index (χ1n) is 5.67. The summed E-state index contributed by atoms with van der Waals surface area (Å²) in [7, 11) is 0. The molecule has 0 aromatic rings. The van der Waals surface area contributed by atoms with Gasteiger partial charge in [-0.3, -0.25) is 0 Å². The van der Waals surface area contributed by atoms with E-state index in [1.54, 1.807) is 4.90 Å². The molecule has 0 aliphatic heterocycles. The summed E-state index contributed by atoms with van der Waals surface area (Å²) in [5, 5.41) is 11.3. The van der Waals surface area contributed by atoms with Crippen molar-refractivity contribution in [3.8, 4) is 12.3 Å². The number of hydrogen-bond donors (Lipinski definition) is 2. The zero-order valence-corrected chi connectivity index (χ0v) is 10.6. The molecule has 5 nitrogen and oxygen atoms in total. The lowest BCUT2D eigenvalue weighted by Crippen LogP contribution is -2.50. The first-order valence-corrected chi connectivity index (χ1v) is 5.67. The molecule has 0 fully saturated rings. The van der Waals surface area contributed by atoms with Crippen LogP contribution in [0, 0.1) is 12.3 Å². The van der Waals surface area contributed by atoms with Crippen LogP contribution in [-0.2, 0) is 4.79 Å². The summed E-state index contributed by atoms with van der Waals surface area (Å²) in [6.45, 7) is 6.31. The highest BCUT2D eigenvalue weighted by atomic mass is 16.4. The van der Waals surface area contributed by atoms with E-state index in [1.807, 2.05) is 20.8 Å². The van der Waals surface area contributed by atoms with E-state index in [2.05, 4.69) is 11.2 Å². The molecule has 0 aliphatic rings. The minimum Gasteiger partial charge on any atom is -0.480 e. The Morgan fingerprint density at radius 2 is 2.06 bits per heavy atom. The maximum absolute atomic E-state index is 11.8. The molecule has 0 rings (SSSR count). The summed E-state index contributed by atoms with van der Waals surface area (Å²) in [6.07, 6.45) is 5.86. The maximum atomic E-state index is 11.8. The lowest BCUT2D eigenvalue weighted by atomic mass is 10.2. The van der Waals surface area contributed by atoms with Gasteiger partial charge in [-0.1, -0.05) is 6.92 Å². The molecule has 0 bridgehead atoms. The van der Waals surface area contributed by atoms with Crippen molar-refractivity contribution in [2.45, 2.75) is 45.7 Å². The molecule has 5 heteroatoms. The van der Waals surface area contributed by atoms with Gasteiger partial charge in [0, 0.05) is 19.0 Å². The van der Waals surface area contributed by atoms with Crippen LogP contribution < -0.4 is 5.32 Å². The van der Waals surface area contributed by atoms with Gasteiger partial charge in [0.2, 0.25) is 0 Å². The van der Waals surface area contributed by atoms with E-state index in [1.165, 1.54) is 0 Å². The van der Waals surface area contributed by atoms with Crippen LogP contribution in [0.15, 0.2) is 0 Å². The summed E-state index contributed by atoms with van der Waals surface area (Å²) in [6, 6.07) is -1.38. The Balaban J connectivity index is 4.57. The van der Waals surface area contributed by atoms with Crippen molar-refractivity contribution in [1.29, 1.82) is 0 Å². The maximum Gasteiger partial charge on any atom is 0.327 e. The molecule has 0 aliphatic carbocycles. The topological polar surface area (TPSA) is 69.6 Å². The van der Waals surface area contributed by atoms with Gasteiger partial charge in [-0.2, -0.15) is 0 Å². The second-order valence-electron chi connectivity index (χ2n) is 4.04. The van der Waals surface area contributed by atoms with E-state index in [-0.39, 0.29) is 18.5 Å². The van der Waals surface area contributed by atoms with E-state index in [9.17, 15) is 9.59 Å². The molecular formula is C12H20N2O3. The van der Waals surface area contributed by atoms with Gasteiger partial charge in [0.15, 0.2) is 0 Å². The molecule has 2 amide bonds. The number of carboxylic acid groups (broad SMARTS) is 1. The van der Waals surface area contributed by atoms with Crippen molar-refractivity contribution >= 4 is 12.0 Å². The van der Waals surface area contributed by atoms with Crippen LogP contribution in [-0.4, -0.2) is 40.6 Å². The molecule has 0 spiro atoms. The zero-order chi connectivity index (χ0) is 13.4. The van der Waals surface area contributed by atoms with Crippen molar-refractivity contribution in [3.05, 3.63) is 0 Å². The van der Waals surface area contributed by atoms with Crippen molar-refractivity contribution < 1.29 is 14.7 Å². The van der Waals surface area contributed by atoms with Crippen LogP contribution in [0.25, 0.3) is 0 Å². The molecule has 0 heterocycles. The molecule has 0 aromatic heterocycles. The first-order chi connectivity index (χ1) is 7.93. The van der Waals surface area contributed by atoms with Gasteiger partial charge >= 0.3 is 12.0 Å². The molecular weight excluding hydrogens is 220 g/mol. The Bertz CT molecular complexity index is 307. The lowest BCUT2D eigenvalue weighted by Gasteiger charge is -2.27. The second kappa shape index (κ2) is 7.55. The summed E-state index contributed by atoms with van der Waals surface area (Å²) in [5.74, 6) is 1.13. The molecule has 0 aromatic carbocycles. The number of hydrogen-bond acceptors (Lipinski definition) is 2. The Morgan fingerprint density at radius 1 is 1.47 bits per heavy atom. The Labute approximate surface area is 102 Å². The Morgan fingerprint density at radius 3 is 2.41 bits per heavy atom. The Kier molecular flexibility index (Phi) is 6.80. The highest BCUT2D eigenvalue weighted by molar-refractivity contribution is 5.82. The normalized spacial score (nSPS) is 11.7. The van der Waals surface area contributed by atoms with E-state index in [0.717, 1.165) is 6.42 Å². The number of aliphatic carboxylic acids is 1. The van der Waals surface area contributed by atoms with Crippen LogP contribution in [0.2, 0.25) is 0 Å². The predicted molar refractivity (Wildman–Crippen MR) is 65.5 cm³/mol. The van der Waals surface area contributed by atoms with Crippen LogP contribution in [0.5, 0.6) is 0 Å². The van der Waals surface area contributed by atoms with Gasteiger partial charge in [0.1, 0.15) is 6.04 Å². The molecule has 0 radical (unpaired) electrons. The second-order valence-corrected chi connectivity index (χ2v) is 4.04. The third-order valence-corrected chi connectivity index (χ3v) is 2.27. The lowest BCUT2D eigenvalue weighted by molar-refractivity contribution is -0.139. The number of terminal acetylenes is 1. The van der Waals surface area contributed by atoms with Crippen LogP contribution in [0.4, 0.5) is 4.79 Å². The van der Waals surface area contributed by atoms with Crippen molar-refractivity contribution in [1.82, 2.24) is 10.2 Å². The standard InChI is InChI=1S/C12H20N2O3/c1-5-7-10(11(15)16)13-12(17)14(8-6-2)9(3)4/h1,9-10H,6-8H2,2-4H3,(H,13,17)(H,15,16). The summed E-state index contributed by atoms with van der Waals surface area (Å²) < 4.78 is 0. The summed E-state index contributed by atoms with van der Waals surface area (Å²) in [5.41, 5.74) is 0. The number of carbonyl (C=O) groups excluding carboxylic acids is 1. The third-order valence-electron chi connectivity index (χ3n) is 2.27. The Hall–Kier alpha value is -1.70. The number of carboxylic acids is 1. The SMILES string of the molecule is C#CCC(NC(=O)N(CCC)C(C)C)C(=O)O. The number of rotatable bonds is 6. The van der Waals surface area contributed by atoms with Crippen LogP contribution >= 0.6 is 0 Å². The number of nitrogens with one attached hydrogen (secondary N) is 1. The van der Waals surface area contributed by atoms with E-state index in [0.29, 0.717) is 6.54 Å². The van der Waals surface area contributed by atoms with E-state index >= 15 is 0 Å². The number of carbonyl (C=O) groups is 2. The number of nitrogens with zero attached hydrogens (tertiary/aromatic N) is 1. The molecule has 2 N–H and O–H groups in total. The number of amides is 2. The third kappa shape index (κ3) is 5.25. The fourth-order valence-corrected chi connectivity index (χ4v) is 1.39.